The fraction of sp³-hybridized carbons (Fsp3) is 0.400. The summed E-state index contributed by atoms with van der Waals surface area (Å²) in [6.07, 6.45) is 4.46. The maximum atomic E-state index is 10.7. The maximum Gasteiger partial charge on any atom is 0.333 e. The van der Waals surface area contributed by atoms with Crippen LogP contribution in [0.3, 0.4) is 0 Å². The lowest BCUT2D eigenvalue weighted by Gasteiger charge is -1.95. The Kier molecular flexibility index (Phi) is 7.76. The normalized spacial score (nSPS) is 10.5. The van der Waals surface area contributed by atoms with E-state index >= 15 is 0 Å². The Morgan fingerprint density at radius 3 is 1.67 bits per heavy atom. The average molecular weight is 214 g/mol. The first-order valence-corrected chi connectivity index (χ1v) is 4.52. The zero-order chi connectivity index (χ0) is 11.5. The molecule has 0 amide bonds. The molecule has 0 aliphatic carbocycles. The largest absolute Gasteiger partial charge is 0.472 e. The second kappa shape index (κ2) is 8.80. The third-order valence-corrected chi connectivity index (χ3v) is 1.14. The summed E-state index contributed by atoms with van der Waals surface area (Å²) in [5.41, 5.74) is 0. The van der Waals surface area contributed by atoms with Crippen molar-refractivity contribution < 1.29 is 23.8 Å². The summed E-state index contributed by atoms with van der Waals surface area (Å²) in [6, 6.07) is 0. The van der Waals surface area contributed by atoms with Gasteiger partial charge in [0.25, 0.3) is 0 Å². The molecule has 0 rings (SSSR count). The molecule has 0 bridgehead atoms. The van der Waals surface area contributed by atoms with E-state index in [1.54, 1.807) is 13.8 Å². The Hall–Kier alpha value is -1.78. The van der Waals surface area contributed by atoms with Crippen LogP contribution in [0.2, 0.25) is 0 Å². The first kappa shape index (κ1) is 13.2. The number of carbonyl (C=O) groups excluding carboxylic acids is 2. The summed E-state index contributed by atoms with van der Waals surface area (Å²) in [4.78, 5) is 21.5. The minimum absolute atomic E-state index is 0.307. The minimum atomic E-state index is -0.498. The van der Waals surface area contributed by atoms with E-state index in [1.165, 1.54) is 0 Å². The number of esters is 2. The van der Waals surface area contributed by atoms with Crippen molar-refractivity contribution in [3.8, 4) is 0 Å². The molecule has 0 fully saturated rings. The van der Waals surface area contributed by atoms with E-state index < -0.39 is 11.9 Å². The summed E-state index contributed by atoms with van der Waals surface area (Å²) < 4.78 is 13.9. The average Bonchev–Trinajstić information content (AvgIpc) is 2.18. The van der Waals surface area contributed by atoms with Crippen LogP contribution >= 0.6 is 0 Å². The van der Waals surface area contributed by atoms with Crippen LogP contribution in [0.15, 0.2) is 24.7 Å². The molecule has 5 nitrogen and oxygen atoms in total. The molecule has 0 aromatic carbocycles. The van der Waals surface area contributed by atoms with Crippen LogP contribution in [0.4, 0.5) is 0 Å². The number of hydrogen-bond donors (Lipinski definition) is 0. The van der Waals surface area contributed by atoms with E-state index in [0.717, 1.165) is 24.7 Å². The lowest BCUT2D eigenvalue weighted by Crippen LogP contribution is -1.99. The Morgan fingerprint density at radius 2 is 1.33 bits per heavy atom. The molecule has 0 heterocycles. The van der Waals surface area contributed by atoms with Crippen molar-refractivity contribution in [3.05, 3.63) is 24.7 Å². The van der Waals surface area contributed by atoms with E-state index in [0.29, 0.717) is 13.2 Å². The van der Waals surface area contributed by atoms with Crippen molar-refractivity contribution in [3.63, 3.8) is 0 Å². The molecular weight excluding hydrogens is 200 g/mol. The van der Waals surface area contributed by atoms with Gasteiger partial charge in [-0.05, 0) is 13.8 Å². The third kappa shape index (κ3) is 8.55. The maximum absolute atomic E-state index is 10.7. The first-order valence-electron chi connectivity index (χ1n) is 4.52. The van der Waals surface area contributed by atoms with Gasteiger partial charge in [-0.15, -0.1) is 0 Å². The van der Waals surface area contributed by atoms with Crippen LogP contribution in [-0.4, -0.2) is 25.2 Å². The van der Waals surface area contributed by atoms with Gasteiger partial charge in [0, 0.05) is 0 Å². The third-order valence-electron chi connectivity index (χ3n) is 1.14. The predicted octanol–water partition coefficient (Wildman–Crippen LogP) is 1.16. The van der Waals surface area contributed by atoms with Gasteiger partial charge in [0.2, 0.25) is 0 Å². The molecule has 0 radical (unpaired) electrons. The Bertz CT molecular complexity index is 229. The van der Waals surface area contributed by atoms with Crippen LogP contribution in [0.25, 0.3) is 0 Å². The summed E-state index contributed by atoms with van der Waals surface area (Å²) in [5, 5.41) is 0. The summed E-state index contributed by atoms with van der Waals surface area (Å²) in [7, 11) is 0. The fourth-order valence-electron chi connectivity index (χ4n) is 0.616. The molecule has 84 valence electrons. The molecule has 0 aliphatic rings. The van der Waals surface area contributed by atoms with Crippen LogP contribution in [-0.2, 0) is 23.8 Å². The van der Waals surface area contributed by atoms with Gasteiger partial charge < -0.3 is 14.2 Å². The van der Waals surface area contributed by atoms with Crippen molar-refractivity contribution in [1.29, 1.82) is 0 Å². The second-order valence-electron chi connectivity index (χ2n) is 2.25. The highest BCUT2D eigenvalue weighted by molar-refractivity contribution is 5.82. The number of carbonyl (C=O) groups is 2. The minimum Gasteiger partial charge on any atom is -0.472 e. The second-order valence-corrected chi connectivity index (χ2v) is 2.25. The highest BCUT2D eigenvalue weighted by atomic mass is 16.5. The van der Waals surface area contributed by atoms with Crippen LogP contribution < -0.4 is 0 Å². The lowest BCUT2D eigenvalue weighted by atomic mass is 10.6. The van der Waals surface area contributed by atoms with Gasteiger partial charge in [-0.2, -0.15) is 0 Å². The van der Waals surface area contributed by atoms with Gasteiger partial charge in [-0.3, -0.25) is 0 Å². The quantitative estimate of drug-likeness (QED) is 0.377. The summed E-state index contributed by atoms with van der Waals surface area (Å²) in [5.74, 6) is -0.996. The number of ether oxygens (including phenoxy) is 3. The molecule has 0 saturated heterocycles. The standard InChI is InChI=1S/C10H14O5/c1-3-14-9(11)5-7-13-8-6-10(12)15-4-2/h5-8H,3-4H2,1-2H3. The molecule has 0 saturated carbocycles. The molecule has 0 aromatic rings. The fourth-order valence-corrected chi connectivity index (χ4v) is 0.616. The van der Waals surface area contributed by atoms with Gasteiger partial charge >= 0.3 is 11.9 Å². The van der Waals surface area contributed by atoms with Crippen molar-refractivity contribution >= 4 is 11.9 Å². The van der Waals surface area contributed by atoms with Gasteiger partial charge in [0.1, 0.15) is 0 Å². The molecular formula is C10H14O5. The highest BCUT2D eigenvalue weighted by Gasteiger charge is 1.93. The summed E-state index contributed by atoms with van der Waals surface area (Å²) in [6.45, 7) is 4.02. The summed E-state index contributed by atoms with van der Waals surface area (Å²) >= 11 is 0. The van der Waals surface area contributed by atoms with E-state index in [4.69, 9.17) is 4.74 Å². The topological polar surface area (TPSA) is 61.8 Å². The van der Waals surface area contributed by atoms with Gasteiger partial charge in [-0.1, -0.05) is 0 Å². The van der Waals surface area contributed by atoms with Crippen molar-refractivity contribution in [2.24, 2.45) is 0 Å². The Labute approximate surface area is 88.3 Å². The van der Waals surface area contributed by atoms with Crippen molar-refractivity contribution in [1.82, 2.24) is 0 Å². The van der Waals surface area contributed by atoms with Crippen LogP contribution in [0, 0.1) is 0 Å². The molecule has 0 aromatic heterocycles. The van der Waals surface area contributed by atoms with Crippen LogP contribution in [0.1, 0.15) is 13.8 Å². The zero-order valence-electron chi connectivity index (χ0n) is 8.76. The smallest absolute Gasteiger partial charge is 0.333 e. The van der Waals surface area contributed by atoms with Crippen LogP contribution in [0.5, 0.6) is 0 Å². The van der Waals surface area contributed by atoms with E-state index in [1.807, 2.05) is 0 Å². The van der Waals surface area contributed by atoms with Crippen molar-refractivity contribution in [2.75, 3.05) is 13.2 Å². The lowest BCUT2D eigenvalue weighted by molar-refractivity contribution is -0.138. The Morgan fingerprint density at radius 1 is 0.933 bits per heavy atom. The first-order chi connectivity index (χ1) is 7.20. The van der Waals surface area contributed by atoms with Gasteiger partial charge in [0.15, 0.2) is 0 Å². The molecule has 0 atom stereocenters. The predicted molar refractivity (Wildman–Crippen MR) is 52.6 cm³/mol. The zero-order valence-corrected chi connectivity index (χ0v) is 8.76. The Balaban J connectivity index is 3.68. The molecule has 0 N–H and O–H groups in total. The molecule has 0 spiro atoms. The molecule has 15 heavy (non-hydrogen) atoms. The highest BCUT2D eigenvalue weighted by Crippen LogP contribution is 1.86. The SMILES string of the molecule is CCOC(=O)C=COC=CC(=O)OCC. The van der Waals surface area contributed by atoms with E-state index in [2.05, 4.69) is 9.47 Å². The van der Waals surface area contributed by atoms with Gasteiger partial charge in [-0.25, -0.2) is 9.59 Å². The van der Waals surface area contributed by atoms with Gasteiger partial charge in [0.05, 0.1) is 37.9 Å². The molecule has 0 aliphatic heterocycles. The molecule has 0 unspecified atom stereocenters. The van der Waals surface area contributed by atoms with Crippen molar-refractivity contribution in [2.45, 2.75) is 13.8 Å². The number of hydrogen-bond acceptors (Lipinski definition) is 5. The van der Waals surface area contributed by atoms with E-state index in [9.17, 15) is 9.59 Å². The monoisotopic (exact) mass is 214 g/mol. The molecule has 5 heteroatoms. The van der Waals surface area contributed by atoms with E-state index in [-0.39, 0.29) is 0 Å². The number of rotatable bonds is 6.